The van der Waals surface area contributed by atoms with Gasteiger partial charge in [0.2, 0.25) is 0 Å². The van der Waals surface area contributed by atoms with Crippen LogP contribution in [0.1, 0.15) is 27.2 Å². The van der Waals surface area contributed by atoms with Crippen molar-refractivity contribution < 1.29 is 4.79 Å². The van der Waals surface area contributed by atoms with Crippen molar-refractivity contribution in [3.63, 3.8) is 0 Å². The third-order valence-corrected chi connectivity index (χ3v) is 2.39. The number of Topliss-reactive ketones (excluding diaryl/α,β-unsaturated/α-hetero) is 1. The van der Waals surface area contributed by atoms with Crippen LogP contribution in [0.2, 0.25) is 0 Å². The average Bonchev–Trinajstić information content (AvgIpc) is 2.01. The van der Waals surface area contributed by atoms with Gasteiger partial charge < -0.3 is 0 Å². The fraction of sp³-hybridized carbons (Fsp3) is 0.400. The van der Waals surface area contributed by atoms with Gasteiger partial charge in [-0.25, -0.2) is 0 Å². The Labute approximate surface area is 72.2 Å². The van der Waals surface area contributed by atoms with Crippen molar-refractivity contribution in [2.75, 3.05) is 0 Å². The number of rotatable bonds is 0. The summed E-state index contributed by atoms with van der Waals surface area (Å²) >= 11 is 0. The molecule has 0 radical (unpaired) electrons. The number of nitriles is 1. The van der Waals surface area contributed by atoms with Crippen molar-refractivity contribution in [2.24, 2.45) is 0 Å². The van der Waals surface area contributed by atoms with Gasteiger partial charge in [-0.1, -0.05) is 5.57 Å². The quantitative estimate of drug-likeness (QED) is 0.546. The summed E-state index contributed by atoms with van der Waals surface area (Å²) in [6.07, 6.45) is 0.409. The highest BCUT2D eigenvalue weighted by molar-refractivity contribution is 6.03. The van der Waals surface area contributed by atoms with Crippen LogP contribution in [0.25, 0.3) is 0 Å². The van der Waals surface area contributed by atoms with Gasteiger partial charge in [0.05, 0.1) is 5.57 Å². The lowest BCUT2D eigenvalue weighted by Gasteiger charge is -2.15. The van der Waals surface area contributed by atoms with Crippen molar-refractivity contribution in [3.8, 4) is 6.07 Å². The summed E-state index contributed by atoms with van der Waals surface area (Å²) in [5.41, 5.74) is 3.34. The molecule has 0 aromatic carbocycles. The van der Waals surface area contributed by atoms with Gasteiger partial charge in [0.15, 0.2) is 5.78 Å². The highest BCUT2D eigenvalue weighted by Gasteiger charge is 2.20. The molecule has 0 aromatic rings. The molecule has 2 nitrogen and oxygen atoms in total. The molecule has 1 rings (SSSR count). The van der Waals surface area contributed by atoms with Gasteiger partial charge in [0, 0.05) is 6.42 Å². The summed E-state index contributed by atoms with van der Waals surface area (Å²) in [7, 11) is 0. The molecule has 0 saturated heterocycles. The molecule has 0 bridgehead atoms. The maximum Gasteiger partial charge on any atom is 0.177 e. The standard InChI is InChI=1S/C10H11NO/c1-6-4-10(12)9(5-11)8(3)7(6)2/h4H2,1-3H3. The average molecular weight is 161 g/mol. The van der Waals surface area contributed by atoms with E-state index in [2.05, 4.69) is 0 Å². The number of carbonyl (C=O) groups excluding carboxylic acids is 1. The summed E-state index contributed by atoms with van der Waals surface area (Å²) < 4.78 is 0. The Bertz CT molecular complexity index is 339. The van der Waals surface area contributed by atoms with Gasteiger partial charge in [-0.05, 0) is 31.9 Å². The molecule has 0 aliphatic heterocycles. The Kier molecular flexibility index (Phi) is 2.14. The minimum Gasteiger partial charge on any atom is -0.293 e. The maximum atomic E-state index is 11.3. The first kappa shape index (κ1) is 8.73. The van der Waals surface area contributed by atoms with Crippen LogP contribution in [0, 0.1) is 11.3 Å². The molecule has 1 aliphatic rings. The smallest absolute Gasteiger partial charge is 0.177 e. The zero-order valence-corrected chi connectivity index (χ0v) is 7.56. The van der Waals surface area contributed by atoms with E-state index >= 15 is 0 Å². The molecule has 0 fully saturated rings. The molecule has 2 heteroatoms. The van der Waals surface area contributed by atoms with E-state index in [1.807, 2.05) is 26.8 Å². The molecule has 0 aromatic heterocycles. The lowest BCUT2D eigenvalue weighted by molar-refractivity contribution is -0.114. The molecule has 0 N–H and O–H groups in total. The summed E-state index contributed by atoms with van der Waals surface area (Å²) in [6, 6.07) is 1.95. The predicted octanol–water partition coefficient (Wildman–Crippen LogP) is 2.14. The van der Waals surface area contributed by atoms with Gasteiger partial charge in [0.1, 0.15) is 6.07 Å². The third kappa shape index (κ3) is 1.18. The lowest BCUT2D eigenvalue weighted by Crippen LogP contribution is -2.10. The highest BCUT2D eigenvalue weighted by atomic mass is 16.1. The van der Waals surface area contributed by atoms with Crippen LogP contribution in [-0.2, 0) is 4.79 Å². The molecule has 0 amide bonds. The van der Waals surface area contributed by atoms with Crippen LogP contribution in [0.15, 0.2) is 22.3 Å². The lowest BCUT2D eigenvalue weighted by atomic mass is 9.88. The second-order valence-corrected chi connectivity index (χ2v) is 3.12. The minimum absolute atomic E-state index is 0.0434. The number of carbonyl (C=O) groups is 1. The van der Waals surface area contributed by atoms with Crippen LogP contribution >= 0.6 is 0 Å². The predicted molar refractivity (Wildman–Crippen MR) is 46.3 cm³/mol. The molecule has 0 saturated carbocycles. The summed E-state index contributed by atoms with van der Waals surface area (Å²) in [6.45, 7) is 5.72. The Morgan fingerprint density at radius 3 is 2.33 bits per heavy atom. The number of hydrogen-bond acceptors (Lipinski definition) is 2. The van der Waals surface area contributed by atoms with E-state index in [0.29, 0.717) is 12.0 Å². The van der Waals surface area contributed by atoms with Gasteiger partial charge in [-0.15, -0.1) is 0 Å². The van der Waals surface area contributed by atoms with Crippen LogP contribution in [0.4, 0.5) is 0 Å². The zero-order chi connectivity index (χ0) is 9.30. The maximum absolute atomic E-state index is 11.3. The first-order chi connectivity index (χ1) is 5.57. The Morgan fingerprint density at radius 2 is 1.83 bits per heavy atom. The van der Waals surface area contributed by atoms with Crippen LogP contribution in [0.5, 0.6) is 0 Å². The van der Waals surface area contributed by atoms with Crippen molar-refractivity contribution >= 4 is 5.78 Å². The van der Waals surface area contributed by atoms with E-state index < -0.39 is 0 Å². The molecule has 62 valence electrons. The molecule has 12 heavy (non-hydrogen) atoms. The molecule has 0 heterocycles. The Balaban J connectivity index is 3.29. The number of nitrogens with zero attached hydrogens (tertiary/aromatic N) is 1. The van der Waals surface area contributed by atoms with Gasteiger partial charge >= 0.3 is 0 Å². The molecule has 0 unspecified atom stereocenters. The van der Waals surface area contributed by atoms with E-state index in [4.69, 9.17) is 5.26 Å². The van der Waals surface area contributed by atoms with Gasteiger partial charge in [-0.2, -0.15) is 5.26 Å². The Morgan fingerprint density at radius 1 is 1.25 bits per heavy atom. The largest absolute Gasteiger partial charge is 0.293 e. The molecule has 0 atom stereocenters. The van der Waals surface area contributed by atoms with E-state index in [1.165, 1.54) is 0 Å². The normalized spacial score (nSPS) is 18.3. The monoisotopic (exact) mass is 161 g/mol. The van der Waals surface area contributed by atoms with Crippen LogP contribution < -0.4 is 0 Å². The van der Waals surface area contributed by atoms with Crippen molar-refractivity contribution in [2.45, 2.75) is 27.2 Å². The summed E-state index contributed by atoms with van der Waals surface area (Å²) in [5.74, 6) is -0.0434. The highest BCUT2D eigenvalue weighted by Crippen LogP contribution is 2.26. The minimum atomic E-state index is -0.0434. The zero-order valence-electron chi connectivity index (χ0n) is 7.56. The van der Waals surface area contributed by atoms with Gasteiger partial charge in [-0.3, -0.25) is 4.79 Å². The first-order valence-electron chi connectivity index (χ1n) is 3.88. The molecular weight excluding hydrogens is 150 g/mol. The van der Waals surface area contributed by atoms with Gasteiger partial charge in [0.25, 0.3) is 0 Å². The van der Waals surface area contributed by atoms with Crippen molar-refractivity contribution in [1.29, 1.82) is 5.26 Å². The fourth-order valence-electron chi connectivity index (χ4n) is 1.32. The topological polar surface area (TPSA) is 40.9 Å². The molecular formula is C10H11NO. The fourth-order valence-corrected chi connectivity index (χ4v) is 1.32. The molecule has 1 aliphatic carbocycles. The first-order valence-corrected chi connectivity index (χ1v) is 3.88. The second-order valence-electron chi connectivity index (χ2n) is 3.12. The third-order valence-electron chi connectivity index (χ3n) is 2.39. The summed E-state index contributed by atoms with van der Waals surface area (Å²) in [4.78, 5) is 11.3. The number of allylic oxidation sites excluding steroid dienone is 4. The van der Waals surface area contributed by atoms with Crippen molar-refractivity contribution in [3.05, 3.63) is 22.3 Å². The van der Waals surface area contributed by atoms with Crippen molar-refractivity contribution in [1.82, 2.24) is 0 Å². The van der Waals surface area contributed by atoms with E-state index in [0.717, 1.165) is 16.7 Å². The van der Waals surface area contributed by atoms with Crippen LogP contribution in [-0.4, -0.2) is 5.78 Å². The number of hydrogen-bond donors (Lipinski definition) is 0. The van der Waals surface area contributed by atoms with E-state index in [1.54, 1.807) is 0 Å². The second kappa shape index (κ2) is 2.94. The van der Waals surface area contributed by atoms with E-state index in [-0.39, 0.29) is 5.78 Å². The SMILES string of the molecule is CC1=C(C)C(C)=C(C#N)C(=O)C1. The number of ketones is 1. The summed E-state index contributed by atoms with van der Waals surface area (Å²) in [5, 5.41) is 8.68. The molecule has 0 spiro atoms. The Hall–Kier alpha value is -1.36. The van der Waals surface area contributed by atoms with E-state index in [9.17, 15) is 4.79 Å². The van der Waals surface area contributed by atoms with Crippen LogP contribution in [0.3, 0.4) is 0 Å².